The second kappa shape index (κ2) is 6.94. The van der Waals surface area contributed by atoms with E-state index >= 15 is 0 Å². The number of Topliss-reactive ketones (excluding diaryl/α,β-unsaturated/α-hetero) is 1. The van der Waals surface area contributed by atoms with Gasteiger partial charge in [0, 0.05) is 11.6 Å². The molecule has 142 valence electrons. The highest BCUT2D eigenvalue weighted by atomic mass is 32.2. The Kier molecular flexibility index (Phi) is 4.27. The fraction of sp³-hybridized carbons (Fsp3) is 0.250. The first-order valence-electron chi connectivity index (χ1n) is 8.96. The van der Waals surface area contributed by atoms with Crippen molar-refractivity contribution in [2.45, 2.75) is 24.0 Å². The van der Waals surface area contributed by atoms with Gasteiger partial charge in [-0.25, -0.2) is 4.39 Å². The third-order valence-electron chi connectivity index (χ3n) is 4.72. The van der Waals surface area contributed by atoms with E-state index in [-0.39, 0.29) is 30.2 Å². The quantitative estimate of drug-likeness (QED) is 0.460. The fourth-order valence-electron chi connectivity index (χ4n) is 3.15. The van der Waals surface area contributed by atoms with Crippen LogP contribution in [0.5, 0.6) is 11.5 Å². The summed E-state index contributed by atoms with van der Waals surface area (Å²) in [6.45, 7) is 0.172. The molecule has 5 rings (SSSR count). The number of hydrogen-bond donors (Lipinski definition) is 0. The van der Waals surface area contributed by atoms with Crippen LogP contribution in [0, 0.1) is 5.82 Å². The summed E-state index contributed by atoms with van der Waals surface area (Å²) in [5.41, 5.74) is 0.986. The molecule has 1 fully saturated rings. The fourth-order valence-corrected chi connectivity index (χ4v) is 4.05. The van der Waals surface area contributed by atoms with E-state index in [9.17, 15) is 9.18 Å². The summed E-state index contributed by atoms with van der Waals surface area (Å²) in [4.78, 5) is 12.6. The summed E-state index contributed by atoms with van der Waals surface area (Å²) in [5, 5.41) is 9.08. The highest BCUT2D eigenvalue weighted by Crippen LogP contribution is 2.41. The van der Waals surface area contributed by atoms with E-state index < -0.39 is 0 Å². The number of ketones is 1. The lowest BCUT2D eigenvalue weighted by atomic mass is 10.1. The van der Waals surface area contributed by atoms with Crippen molar-refractivity contribution in [3.8, 4) is 22.9 Å². The number of benzene rings is 2. The first kappa shape index (κ1) is 17.2. The van der Waals surface area contributed by atoms with Gasteiger partial charge in [0.1, 0.15) is 5.82 Å². The summed E-state index contributed by atoms with van der Waals surface area (Å²) in [6.07, 6.45) is 2.01. The van der Waals surface area contributed by atoms with Crippen molar-refractivity contribution in [2.24, 2.45) is 0 Å². The number of nitrogens with zero attached hydrogens (tertiary/aromatic N) is 3. The molecule has 2 heterocycles. The van der Waals surface area contributed by atoms with Crippen LogP contribution in [-0.4, -0.2) is 33.1 Å². The summed E-state index contributed by atoms with van der Waals surface area (Å²) in [7, 11) is 0. The number of aromatic nitrogens is 3. The van der Waals surface area contributed by atoms with Gasteiger partial charge in [-0.1, -0.05) is 23.9 Å². The molecule has 28 heavy (non-hydrogen) atoms. The first-order chi connectivity index (χ1) is 13.7. The molecule has 0 spiro atoms. The third-order valence-corrected chi connectivity index (χ3v) is 5.66. The Morgan fingerprint density at radius 3 is 2.79 bits per heavy atom. The molecule has 0 unspecified atom stereocenters. The molecule has 1 aliphatic carbocycles. The molecule has 0 radical (unpaired) electrons. The second-order valence-corrected chi connectivity index (χ2v) is 7.61. The highest BCUT2D eigenvalue weighted by Gasteiger charge is 2.31. The molecule has 1 aromatic heterocycles. The lowest BCUT2D eigenvalue weighted by Crippen LogP contribution is -2.05. The molecule has 8 heteroatoms. The van der Waals surface area contributed by atoms with Crippen LogP contribution in [0.25, 0.3) is 11.4 Å². The zero-order valence-electron chi connectivity index (χ0n) is 14.8. The van der Waals surface area contributed by atoms with Gasteiger partial charge in [-0.3, -0.25) is 9.36 Å². The topological polar surface area (TPSA) is 66.2 Å². The maximum Gasteiger partial charge on any atom is 0.231 e. The average molecular weight is 397 g/mol. The molecule has 0 atom stereocenters. The Bertz CT molecular complexity index is 1060. The number of ether oxygens (including phenoxy) is 2. The maximum atomic E-state index is 14.2. The molecular formula is C20H16FN3O3S. The number of fused-ring (bicyclic) bond motifs is 1. The summed E-state index contributed by atoms with van der Waals surface area (Å²) in [5.74, 6) is 1.58. The smallest absolute Gasteiger partial charge is 0.231 e. The molecule has 0 amide bonds. The van der Waals surface area contributed by atoms with E-state index in [1.165, 1.54) is 17.8 Å². The number of carbonyl (C=O) groups is 1. The Hall–Kier alpha value is -2.87. The lowest BCUT2D eigenvalue weighted by molar-refractivity contribution is 0.102. The average Bonchev–Trinajstić information content (AvgIpc) is 3.28. The van der Waals surface area contributed by atoms with E-state index in [1.54, 1.807) is 36.4 Å². The predicted molar refractivity (Wildman–Crippen MR) is 101 cm³/mol. The molecule has 0 N–H and O–H groups in total. The van der Waals surface area contributed by atoms with Crippen LogP contribution >= 0.6 is 11.8 Å². The largest absolute Gasteiger partial charge is 0.454 e. The van der Waals surface area contributed by atoms with Gasteiger partial charge >= 0.3 is 0 Å². The van der Waals surface area contributed by atoms with Crippen LogP contribution in [0.3, 0.4) is 0 Å². The summed E-state index contributed by atoms with van der Waals surface area (Å²) >= 11 is 1.32. The summed E-state index contributed by atoms with van der Waals surface area (Å²) in [6, 6.07) is 12.0. The van der Waals surface area contributed by atoms with Crippen molar-refractivity contribution >= 4 is 17.5 Å². The zero-order chi connectivity index (χ0) is 19.1. The Morgan fingerprint density at radius 2 is 1.96 bits per heavy atom. The number of rotatable bonds is 6. The van der Waals surface area contributed by atoms with Crippen molar-refractivity contribution in [3.63, 3.8) is 0 Å². The highest BCUT2D eigenvalue weighted by molar-refractivity contribution is 7.99. The predicted octanol–water partition coefficient (Wildman–Crippen LogP) is 4.12. The molecule has 2 aromatic carbocycles. The minimum absolute atomic E-state index is 0.0407. The molecular weight excluding hydrogens is 381 g/mol. The molecule has 3 aromatic rings. The van der Waals surface area contributed by atoms with Crippen LogP contribution in [-0.2, 0) is 0 Å². The SMILES string of the molecule is O=C(CSc1nnc(-c2ccccc2F)n1C1CC1)c1ccc2c(c1)OCO2. The van der Waals surface area contributed by atoms with Crippen LogP contribution in [0.2, 0.25) is 0 Å². The van der Waals surface area contributed by atoms with E-state index in [2.05, 4.69) is 10.2 Å². The molecule has 2 aliphatic rings. The third kappa shape index (κ3) is 3.13. The molecule has 0 saturated heterocycles. The van der Waals surface area contributed by atoms with Crippen LogP contribution < -0.4 is 9.47 Å². The van der Waals surface area contributed by atoms with Gasteiger partial charge in [0.2, 0.25) is 6.79 Å². The zero-order valence-corrected chi connectivity index (χ0v) is 15.6. The van der Waals surface area contributed by atoms with Gasteiger partial charge in [0.05, 0.1) is 11.3 Å². The minimum atomic E-state index is -0.329. The number of carbonyl (C=O) groups excluding carboxylic acids is 1. The van der Waals surface area contributed by atoms with Crippen LogP contribution in [0.4, 0.5) is 4.39 Å². The van der Waals surface area contributed by atoms with E-state index in [4.69, 9.17) is 9.47 Å². The number of hydrogen-bond acceptors (Lipinski definition) is 6. The molecule has 6 nitrogen and oxygen atoms in total. The van der Waals surface area contributed by atoms with Crippen LogP contribution in [0.15, 0.2) is 47.6 Å². The summed E-state index contributed by atoms with van der Waals surface area (Å²) < 4.78 is 26.8. The molecule has 0 bridgehead atoms. The van der Waals surface area contributed by atoms with Gasteiger partial charge in [0.15, 0.2) is 28.3 Å². The number of thioether (sulfide) groups is 1. The van der Waals surface area contributed by atoms with Gasteiger partial charge < -0.3 is 9.47 Å². The van der Waals surface area contributed by atoms with Gasteiger partial charge in [-0.05, 0) is 43.2 Å². The van der Waals surface area contributed by atoms with Crippen molar-refractivity contribution < 1.29 is 18.7 Å². The van der Waals surface area contributed by atoms with Crippen molar-refractivity contribution in [1.82, 2.24) is 14.8 Å². The van der Waals surface area contributed by atoms with Crippen molar-refractivity contribution in [2.75, 3.05) is 12.5 Å². The molecule has 1 aliphatic heterocycles. The van der Waals surface area contributed by atoms with Gasteiger partial charge in [-0.2, -0.15) is 0 Å². The van der Waals surface area contributed by atoms with E-state index in [0.717, 1.165) is 12.8 Å². The number of halogens is 1. The standard InChI is InChI=1S/C20H16FN3O3S/c21-15-4-2-1-3-14(15)19-22-23-20(24(19)13-6-7-13)28-10-16(25)12-5-8-17-18(9-12)27-11-26-17/h1-5,8-9,13H,6-7,10-11H2. The van der Waals surface area contributed by atoms with Gasteiger partial charge in [-0.15, -0.1) is 10.2 Å². The Balaban J connectivity index is 1.37. The minimum Gasteiger partial charge on any atom is -0.454 e. The first-order valence-corrected chi connectivity index (χ1v) is 9.95. The van der Waals surface area contributed by atoms with Crippen molar-refractivity contribution in [3.05, 3.63) is 53.8 Å². The Morgan fingerprint density at radius 1 is 1.14 bits per heavy atom. The van der Waals surface area contributed by atoms with Crippen LogP contribution in [0.1, 0.15) is 29.2 Å². The monoisotopic (exact) mass is 397 g/mol. The normalized spacial score (nSPS) is 15.0. The van der Waals surface area contributed by atoms with E-state index in [0.29, 0.717) is 33.6 Å². The molecule has 1 saturated carbocycles. The maximum absolute atomic E-state index is 14.2. The Labute approximate surface area is 164 Å². The lowest BCUT2D eigenvalue weighted by Gasteiger charge is -2.09. The van der Waals surface area contributed by atoms with Crippen molar-refractivity contribution in [1.29, 1.82) is 0 Å². The van der Waals surface area contributed by atoms with E-state index in [1.807, 2.05) is 4.57 Å². The van der Waals surface area contributed by atoms with Gasteiger partial charge in [0.25, 0.3) is 0 Å². The second-order valence-electron chi connectivity index (χ2n) is 6.67.